The highest BCUT2D eigenvalue weighted by Crippen LogP contribution is 2.43. The predicted molar refractivity (Wildman–Crippen MR) is 135 cm³/mol. The van der Waals surface area contributed by atoms with Gasteiger partial charge >= 0.3 is 0 Å². The van der Waals surface area contributed by atoms with Gasteiger partial charge in [0.2, 0.25) is 5.92 Å². The number of carbonyl (C=O) groups is 1. The minimum absolute atomic E-state index is 0.0703. The number of Topliss-reactive ketones (excluding diaryl/α,β-unsaturated/α-hetero) is 1. The molecule has 35 heavy (non-hydrogen) atoms. The van der Waals surface area contributed by atoms with E-state index < -0.39 is 5.92 Å². The van der Waals surface area contributed by atoms with Crippen molar-refractivity contribution in [1.82, 2.24) is 9.55 Å². The van der Waals surface area contributed by atoms with Crippen LogP contribution in [0.1, 0.15) is 63.5 Å². The molecular weight excluding hydrogens is 446 g/mol. The van der Waals surface area contributed by atoms with Crippen LogP contribution in [0.3, 0.4) is 0 Å². The number of nitrogens with two attached hydrogens (primary N) is 2. The van der Waals surface area contributed by atoms with Crippen molar-refractivity contribution in [3.63, 3.8) is 0 Å². The molecule has 2 saturated carbocycles. The molecule has 0 saturated heterocycles. The molecule has 0 bridgehead atoms. The topological polar surface area (TPSA) is 86.9 Å². The number of aromatic nitrogens is 2. The summed E-state index contributed by atoms with van der Waals surface area (Å²) in [4.78, 5) is 17.0. The molecule has 5 nitrogen and oxygen atoms in total. The number of hydrogen-bond donors (Lipinski definition) is 2. The number of hydrogen-bond acceptors (Lipinski definition) is 4. The summed E-state index contributed by atoms with van der Waals surface area (Å²) in [5, 5.41) is 0. The molecule has 0 radical (unpaired) electrons. The van der Waals surface area contributed by atoms with Crippen molar-refractivity contribution >= 4 is 22.4 Å². The Morgan fingerprint density at radius 3 is 2.34 bits per heavy atom. The summed E-state index contributed by atoms with van der Waals surface area (Å²) in [7, 11) is 0. The number of allylic oxidation sites excluding steroid dienone is 2. The average molecular weight is 479 g/mol. The fraction of sp³-hybridized carbons (Fsp3) is 0.429. The molecule has 2 fully saturated rings. The van der Waals surface area contributed by atoms with Crippen LogP contribution < -0.4 is 11.5 Å². The molecule has 0 atom stereocenters. The molecule has 0 spiro atoms. The molecular formula is C28H32F2N4O. The van der Waals surface area contributed by atoms with E-state index in [2.05, 4.69) is 35.0 Å². The molecule has 2 heterocycles. The van der Waals surface area contributed by atoms with Crippen LogP contribution in [0.15, 0.2) is 48.4 Å². The molecule has 4 N–H and O–H groups in total. The Hall–Kier alpha value is -3.06. The second-order valence-corrected chi connectivity index (χ2v) is 10.4. The molecule has 2 aliphatic rings. The van der Waals surface area contributed by atoms with E-state index in [4.69, 9.17) is 16.5 Å². The summed E-state index contributed by atoms with van der Waals surface area (Å²) in [6.07, 6.45) is 6.60. The predicted octanol–water partition coefficient (Wildman–Crippen LogP) is 5.76. The number of fused-ring (bicyclic) bond motifs is 1. The van der Waals surface area contributed by atoms with E-state index >= 15 is 0 Å². The van der Waals surface area contributed by atoms with Crippen LogP contribution in [-0.2, 0) is 16.9 Å². The van der Waals surface area contributed by atoms with E-state index in [9.17, 15) is 13.6 Å². The maximum absolute atomic E-state index is 13.7. The quantitative estimate of drug-likeness (QED) is 0.441. The van der Waals surface area contributed by atoms with Crippen molar-refractivity contribution in [3.8, 4) is 11.1 Å². The first kappa shape index (κ1) is 23.7. The van der Waals surface area contributed by atoms with Crippen LogP contribution in [0.4, 0.5) is 8.78 Å². The molecule has 2 aromatic heterocycles. The van der Waals surface area contributed by atoms with Crippen LogP contribution in [0.25, 0.3) is 27.7 Å². The summed E-state index contributed by atoms with van der Waals surface area (Å²) >= 11 is 0. The Kier molecular flexibility index (Phi) is 5.79. The van der Waals surface area contributed by atoms with Crippen LogP contribution in [-0.4, -0.2) is 21.3 Å². The third-order valence-electron chi connectivity index (χ3n) is 7.60. The molecule has 7 heteroatoms. The first-order valence-electron chi connectivity index (χ1n) is 12.3. The van der Waals surface area contributed by atoms with Gasteiger partial charge in [-0.2, -0.15) is 0 Å². The van der Waals surface area contributed by atoms with E-state index in [0.717, 1.165) is 40.6 Å². The fourth-order valence-electron chi connectivity index (χ4n) is 5.34. The Bertz CT molecular complexity index is 1300. The van der Waals surface area contributed by atoms with Crippen LogP contribution in [0.5, 0.6) is 0 Å². The summed E-state index contributed by atoms with van der Waals surface area (Å²) in [5.74, 6) is -2.51. The van der Waals surface area contributed by atoms with Crippen molar-refractivity contribution in [2.24, 2.45) is 17.4 Å². The van der Waals surface area contributed by atoms with Crippen molar-refractivity contribution in [2.75, 3.05) is 0 Å². The monoisotopic (exact) mass is 478 g/mol. The number of nitrogens with zero attached hydrogens (tertiary/aromatic N) is 2. The van der Waals surface area contributed by atoms with Gasteiger partial charge in [-0.3, -0.25) is 9.78 Å². The first-order chi connectivity index (χ1) is 16.6. The fourth-order valence-corrected chi connectivity index (χ4v) is 5.34. The number of pyridine rings is 1. The third kappa shape index (κ3) is 4.61. The van der Waals surface area contributed by atoms with Crippen LogP contribution in [0, 0.1) is 5.92 Å². The molecule has 0 unspecified atom stereocenters. The van der Waals surface area contributed by atoms with Crippen molar-refractivity contribution in [3.05, 3.63) is 59.5 Å². The van der Waals surface area contributed by atoms with E-state index in [-0.39, 0.29) is 30.1 Å². The molecule has 1 aromatic carbocycles. The number of halogens is 2. The second kappa shape index (κ2) is 8.55. The normalized spacial score (nSPS) is 20.0. The molecule has 184 valence electrons. The number of ketones is 1. The zero-order valence-electron chi connectivity index (χ0n) is 20.3. The van der Waals surface area contributed by atoms with Gasteiger partial charge in [-0.1, -0.05) is 24.3 Å². The lowest BCUT2D eigenvalue weighted by Crippen LogP contribution is -2.26. The van der Waals surface area contributed by atoms with Crippen molar-refractivity contribution in [2.45, 2.75) is 70.4 Å². The molecule has 0 amide bonds. The third-order valence-corrected chi connectivity index (χ3v) is 7.60. The van der Waals surface area contributed by atoms with Gasteiger partial charge in [-0.15, -0.1) is 0 Å². The average Bonchev–Trinajstić information content (AvgIpc) is 3.46. The minimum atomic E-state index is -2.56. The van der Waals surface area contributed by atoms with E-state index in [1.807, 2.05) is 6.07 Å². The van der Waals surface area contributed by atoms with Gasteiger partial charge in [0.25, 0.3) is 0 Å². The van der Waals surface area contributed by atoms with Gasteiger partial charge in [-0.25, -0.2) is 8.78 Å². The van der Waals surface area contributed by atoms with Gasteiger partial charge in [0.05, 0.1) is 11.0 Å². The SMILES string of the molecule is CC(=O)/C(=C(/C)N)c1cnc2c(-c3ccc(C4(N)CC4)cc3)cn(CC3CCC(F)(F)CC3)c2c1. The standard InChI is InChI=1S/C28H32F2N4O/c1-17(31)25(18(2)35)21-13-24-26(33-14-21)23(20-3-5-22(6-4-20)27(32)11-12-27)16-34(24)15-19-7-9-28(29,30)10-8-19/h3-6,13-14,16,19H,7-12,15,31-32H2,1-2H3/b25-17+. The highest BCUT2D eigenvalue weighted by atomic mass is 19.3. The smallest absolute Gasteiger partial charge is 0.248 e. The van der Waals surface area contributed by atoms with Gasteiger partial charge < -0.3 is 16.0 Å². The Morgan fingerprint density at radius 1 is 1.11 bits per heavy atom. The van der Waals surface area contributed by atoms with E-state index in [0.29, 0.717) is 36.2 Å². The lowest BCUT2D eigenvalue weighted by atomic mass is 9.87. The summed E-state index contributed by atoms with van der Waals surface area (Å²) in [6, 6.07) is 10.3. The van der Waals surface area contributed by atoms with Gasteiger partial charge in [0.1, 0.15) is 0 Å². The Labute approximate surface area is 204 Å². The molecule has 2 aliphatic carbocycles. The molecule has 5 rings (SSSR count). The Morgan fingerprint density at radius 2 is 1.77 bits per heavy atom. The largest absolute Gasteiger partial charge is 0.402 e. The minimum Gasteiger partial charge on any atom is -0.402 e. The van der Waals surface area contributed by atoms with Gasteiger partial charge in [-0.05, 0) is 62.6 Å². The second-order valence-electron chi connectivity index (χ2n) is 10.4. The van der Waals surface area contributed by atoms with Crippen LogP contribution >= 0.6 is 0 Å². The van der Waals surface area contributed by atoms with Crippen molar-refractivity contribution < 1.29 is 13.6 Å². The lowest BCUT2D eigenvalue weighted by Gasteiger charge is -2.28. The maximum atomic E-state index is 13.7. The maximum Gasteiger partial charge on any atom is 0.248 e. The summed E-state index contributed by atoms with van der Waals surface area (Å²) in [6.45, 7) is 3.83. The highest BCUT2D eigenvalue weighted by molar-refractivity contribution is 6.20. The van der Waals surface area contributed by atoms with E-state index in [1.165, 1.54) is 6.92 Å². The number of carbonyl (C=O) groups excluding carboxylic acids is 1. The first-order valence-corrected chi connectivity index (χ1v) is 12.3. The van der Waals surface area contributed by atoms with Crippen LogP contribution in [0.2, 0.25) is 0 Å². The summed E-state index contributed by atoms with van der Waals surface area (Å²) in [5.41, 5.74) is 18.6. The van der Waals surface area contributed by atoms with Gasteiger partial charge in [0, 0.05) is 59.7 Å². The zero-order chi connectivity index (χ0) is 25.0. The van der Waals surface area contributed by atoms with Gasteiger partial charge in [0.15, 0.2) is 5.78 Å². The molecule has 0 aliphatic heterocycles. The number of benzene rings is 1. The lowest BCUT2D eigenvalue weighted by molar-refractivity contribution is -0.111. The van der Waals surface area contributed by atoms with E-state index in [1.54, 1.807) is 13.1 Å². The Balaban J connectivity index is 1.57. The summed E-state index contributed by atoms with van der Waals surface area (Å²) < 4.78 is 29.6. The van der Waals surface area contributed by atoms with Crippen molar-refractivity contribution in [1.29, 1.82) is 0 Å². The number of rotatable bonds is 6. The highest BCUT2D eigenvalue weighted by Gasteiger charge is 2.39. The zero-order valence-corrected chi connectivity index (χ0v) is 20.3. The molecule has 3 aromatic rings. The number of alkyl halides is 2.